The smallest absolute Gasteiger partial charge is 0.411 e. The highest BCUT2D eigenvalue weighted by atomic mass is 16.6. The monoisotopic (exact) mass is 185 g/mol. The van der Waals surface area contributed by atoms with Crippen LogP contribution in [0.2, 0.25) is 0 Å². The van der Waals surface area contributed by atoms with E-state index in [1.165, 1.54) is 19.3 Å². The number of ether oxygens (including phenoxy) is 1. The number of aliphatic hydroxyl groups is 1. The molecule has 1 heterocycles. The maximum Gasteiger partial charge on any atom is 0.411 e. The van der Waals surface area contributed by atoms with Gasteiger partial charge in [0.05, 0.1) is 0 Å². The third-order valence-corrected chi connectivity index (χ3v) is 3.17. The summed E-state index contributed by atoms with van der Waals surface area (Å²) in [7, 11) is 0. The topological polar surface area (TPSA) is 49.8 Å². The van der Waals surface area contributed by atoms with E-state index in [9.17, 15) is 4.79 Å². The lowest BCUT2D eigenvalue weighted by atomic mass is 10.0. The highest BCUT2D eigenvalue weighted by Gasteiger charge is 2.38. The summed E-state index contributed by atoms with van der Waals surface area (Å²) < 4.78 is 4.53. The molecule has 1 saturated carbocycles. The van der Waals surface area contributed by atoms with E-state index in [1.807, 2.05) is 0 Å². The van der Waals surface area contributed by atoms with Crippen molar-refractivity contribution in [1.29, 1.82) is 0 Å². The van der Waals surface area contributed by atoms with Crippen LogP contribution in [0.5, 0.6) is 0 Å². The number of rotatable bonds is 1. The zero-order chi connectivity index (χ0) is 9.26. The Bertz CT molecular complexity index is 195. The minimum Gasteiger partial charge on any atom is -0.422 e. The lowest BCUT2D eigenvalue weighted by Crippen LogP contribution is -2.30. The fourth-order valence-electron chi connectivity index (χ4n) is 2.53. The van der Waals surface area contributed by atoms with Gasteiger partial charge in [-0.05, 0) is 24.7 Å². The number of amides is 1. The first-order chi connectivity index (χ1) is 6.31. The fraction of sp³-hybridized carbons (Fsp3) is 0.889. The van der Waals surface area contributed by atoms with Crippen molar-refractivity contribution in [2.75, 3.05) is 19.9 Å². The molecule has 2 fully saturated rings. The maximum absolute atomic E-state index is 11.2. The molecule has 0 bridgehead atoms. The van der Waals surface area contributed by atoms with Gasteiger partial charge >= 0.3 is 6.09 Å². The number of aliphatic hydroxyl groups excluding tert-OH is 1. The lowest BCUT2D eigenvalue weighted by molar-refractivity contribution is 0.0246. The summed E-state index contributed by atoms with van der Waals surface area (Å²) in [6.45, 7) is 1.14. The molecule has 1 aliphatic carbocycles. The number of hydrogen-bond donors (Lipinski definition) is 1. The molecule has 4 nitrogen and oxygen atoms in total. The van der Waals surface area contributed by atoms with Gasteiger partial charge in [-0.15, -0.1) is 0 Å². The van der Waals surface area contributed by atoms with E-state index in [2.05, 4.69) is 4.74 Å². The third kappa shape index (κ3) is 1.63. The van der Waals surface area contributed by atoms with Crippen LogP contribution < -0.4 is 0 Å². The molecule has 1 aliphatic heterocycles. The van der Waals surface area contributed by atoms with Crippen molar-refractivity contribution in [1.82, 2.24) is 4.90 Å². The van der Waals surface area contributed by atoms with Gasteiger partial charge in [0.15, 0.2) is 6.79 Å². The normalized spacial score (nSPS) is 31.9. The molecule has 2 rings (SSSR count). The number of carbonyl (C=O) groups is 1. The molecule has 4 heteroatoms. The predicted octanol–water partition coefficient (Wildman–Crippen LogP) is 0.805. The first-order valence-electron chi connectivity index (χ1n) is 4.84. The van der Waals surface area contributed by atoms with Gasteiger partial charge in [-0.2, -0.15) is 0 Å². The summed E-state index contributed by atoms with van der Waals surface area (Å²) in [5, 5.41) is 8.43. The summed E-state index contributed by atoms with van der Waals surface area (Å²) >= 11 is 0. The quantitative estimate of drug-likeness (QED) is 0.615. The standard InChI is InChI=1S/C9H15NO3/c11-6-13-9(12)10-4-7-2-1-3-8(7)5-10/h7-8,11H,1-6H2. The van der Waals surface area contributed by atoms with Crippen molar-refractivity contribution >= 4 is 6.09 Å². The Labute approximate surface area is 77.5 Å². The lowest BCUT2D eigenvalue weighted by Gasteiger charge is -2.15. The fourth-order valence-corrected chi connectivity index (χ4v) is 2.53. The van der Waals surface area contributed by atoms with E-state index in [1.54, 1.807) is 4.90 Å². The van der Waals surface area contributed by atoms with Gasteiger partial charge in [-0.25, -0.2) is 4.79 Å². The Morgan fingerprint density at radius 1 is 1.38 bits per heavy atom. The van der Waals surface area contributed by atoms with Crippen molar-refractivity contribution in [3.63, 3.8) is 0 Å². The van der Waals surface area contributed by atoms with Gasteiger partial charge in [0.25, 0.3) is 0 Å². The first-order valence-corrected chi connectivity index (χ1v) is 4.84. The Balaban J connectivity index is 1.87. The Hall–Kier alpha value is -0.770. The second-order valence-electron chi connectivity index (χ2n) is 3.90. The van der Waals surface area contributed by atoms with Gasteiger partial charge < -0.3 is 14.7 Å². The average Bonchev–Trinajstić information content (AvgIpc) is 2.61. The molecule has 0 aromatic heterocycles. The highest BCUT2D eigenvalue weighted by molar-refractivity contribution is 5.67. The molecular formula is C9H15NO3. The van der Waals surface area contributed by atoms with Gasteiger partial charge in [0.1, 0.15) is 0 Å². The van der Waals surface area contributed by atoms with E-state index >= 15 is 0 Å². The second kappa shape index (κ2) is 3.54. The molecule has 13 heavy (non-hydrogen) atoms. The molecule has 2 aliphatic rings. The van der Waals surface area contributed by atoms with Crippen molar-refractivity contribution in [2.45, 2.75) is 19.3 Å². The average molecular weight is 185 g/mol. The van der Waals surface area contributed by atoms with Crippen LogP contribution >= 0.6 is 0 Å². The number of fused-ring (bicyclic) bond motifs is 1. The van der Waals surface area contributed by atoms with Crippen LogP contribution in [0.1, 0.15) is 19.3 Å². The highest BCUT2D eigenvalue weighted by Crippen LogP contribution is 2.37. The number of hydrogen-bond acceptors (Lipinski definition) is 3. The van der Waals surface area contributed by atoms with Gasteiger partial charge in [-0.3, -0.25) is 0 Å². The van der Waals surface area contributed by atoms with Crippen LogP contribution in [-0.4, -0.2) is 36.0 Å². The Kier molecular flexibility index (Phi) is 2.40. The number of carbonyl (C=O) groups excluding carboxylic acids is 1. The first kappa shape index (κ1) is 8.81. The summed E-state index contributed by atoms with van der Waals surface area (Å²) in [6, 6.07) is 0. The van der Waals surface area contributed by atoms with Crippen LogP contribution in [0.25, 0.3) is 0 Å². The molecule has 0 aromatic rings. The van der Waals surface area contributed by atoms with E-state index < -0.39 is 6.79 Å². The summed E-state index contributed by atoms with van der Waals surface area (Å²) in [5.41, 5.74) is 0. The predicted molar refractivity (Wildman–Crippen MR) is 46.0 cm³/mol. The van der Waals surface area contributed by atoms with Crippen LogP contribution in [0, 0.1) is 11.8 Å². The SMILES string of the molecule is O=C(OCO)N1CC2CCCC2C1. The zero-order valence-electron chi connectivity index (χ0n) is 7.61. The molecule has 74 valence electrons. The largest absolute Gasteiger partial charge is 0.422 e. The van der Waals surface area contributed by atoms with Crippen LogP contribution in [-0.2, 0) is 4.74 Å². The van der Waals surface area contributed by atoms with Crippen molar-refractivity contribution in [3.05, 3.63) is 0 Å². The molecule has 1 N–H and O–H groups in total. The molecule has 1 amide bonds. The van der Waals surface area contributed by atoms with Crippen molar-refractivity contribution in [2.24, 2.45) is 11.8 Å². The van der Waals surface area contributed by atoms with Crippen LogP contribution in [0.3, 0.4) is 0 Å². The van der Waals surface area contributed by atoms with Crippen molar-refractivity contribution < 1.29 is 14.6 Å². The Morgan fingerprint density at radius 2 is 2.00 bits per heavy atom. The zero-order valence-corrected chi connectivity index (χ0v) is 7.61. The third-order valence-electron chi connectivity index (χ3n) is 3.17. The Morgan fingerprint density at radius 3 is 2.54 bits per heavy atom. The molecule has 1 saturated heterocycles. The second-order valence-corrected chi connectivity index (χ2v) is 3.90. The molecule has 2 atom stereocenters. The van der Waals surface area contributed by atoms with Crippen LogP contribution in [0.4, 0.5) is 4.79 Å². The van der Waals surface area contributed by atoms with Gasteiger partial charge in [-0.1, -0.05) is 6.42 Å². The maximum atomic E-state index is 11.2. The van der Waals surface area contributed by atoms with Gasteiger partial charge in [0.2, 0.25) is 0 Å². The minimum atomic E-state index is -0.509. The number of likely N-dealkylation sites (tertiary alicyclic amines) is 1. The molecule has 0 aromatic carbocycles. The molecule has 2 unspecified atom stereocenters. The van der Waals surface area contributed by atoms with E-state index in [-0.39, 0.29) is 6.09 Å². The van der Waals surface area contributed by atoms with E-state index in [4.69, 9.17) is 5.11 Å². The molecule has 0 spiro atoms. The summed E-state index contributed by atoms with van der Waals surface area (Å²) in [6.07, 6.45) is 3.43. The van der Waals surface area contributed by atoms with E-state index in [0.29, 0.717) is 11.8 Å². The van der Waals surface area contributed by atoms with Crippen LogP contribution in [0.15, 0.2) is 0 Å². The van der Waals surface area contributed by atoms with E-state index in [0.717, 1.165) is 13.1 Å². The molecule has 0 radical (unpaired) electrons. The molecular weight excluding hydrogens is 170 g/mol. The van der Waals surface area contributed by atoms with Gasteiger partial charge in [0, 0.05) is 13.1 Å². The summed E-state index contributed by atoms with van der Waals surface area (Å²) in [5.74, 6) is 1.37. The van der Waals surface area contributed by atoms with Crippen molar-refractivity contribution in [3.8, 4) is 0 Å². The minimum absolute atomic E-state index is 0.364. The number of nitrogens with zero attached hydrogens (tertiary/aromatic N) is 1. The summed E-state index contributed by atoms with van der Waals surface area (Å²) in [4.78, 5) is 12.9.